The molecular formula is C18H26N6O7. The normalized spacial score (nSPS) is 17.6. The third-order valence-corrected chi connectivity index (χ3v) is 4.13. The largest absolute Gasteiger partial charge is 0.483 e. The Bertz CT molecular complexity index is 891. The first-order valence-corrected chi connectivity index (χ1v) is 9.05. The van der Waals surface area contributed by atoms with Crippen molar-refractivity contribution in [3.05, 3.63) is 46.4 Å². The second-order valence-electron chi connectivity index (χ2n) is 6.54. The molecule has 170 valence electrons. The quantitative estimate of drug-likeness (QED) is 0.505. The molecule has 3 heterocycles. The lowest BCUT2D eigenvalue weighted by Crippen LogP contribution is -2.52. The first-order chi connectivity index (χ1) is 14.8. The fourth-order valence-corrected chi connectivity index (χ4v) is 3.10. The van der Waals surface area contributed by atoms with Gasteiger partial charge in [0, 0.05) is 44.3 Å². The van der Waals surface area contributed by atoms with E-state index in [4.69, 9.17) is 24.5 Å². The van der Waals surface area contributed by atoms with Crippen molar-refractivity contribution in [2.75, 3.05) is 33.8 Å². The Morgan fingerprint density at radius 1 is 1.35 bits per heavy atom. The molecule has 0 aromatic carbocycles. The fraction of sp³-hybridized carbons (Fsp3) is 0.444. The number of aromatic amines is 1. The van der Waals surface area contributed by atoms with Crippen molar-refractivity contribution in [3.8, 4) is 0 Å². The number of H-pyrrole nitrogens is 1. The number of nitrogens with one attached hydrogen (secondary N) is 1. The minimum atomic E-state index is -0.493. The van der Waals surface area contributed by atoms with Gasteiger partial charge in [0.05, 0.1) is 24.9 Å². The van der Waals surface area contributed by atoms with Gasteiger partial charge in [-0.05, 0) is 14.1 Å². The van der Waals surface area contributed by atoms with Crippen LogP contribution in [0, 0.1) is 0 Å². The molecule has 0 radical (unpaired) electrons. The van der Waals surface area contributed by atoms with Gasteiger partial charge in [0.15, 0.2) is 5.69 Å². The third kappa shape index (κ3) is 7.31. The molecule has 31 heavy (non-hydrogen) atoms. The van der Waals surface area contributed by atoms with E-state index in [-0.39, 0.29) is 30.8 Å². The van der Waals surface area contributed by atoms with E-state index in [0.29, 0.717) is 19.7 Å². The van der Waals surface area contributed by atoms with Crippen molar-refractivity contribution < 1.29 is 29.3 Å². The third-order valence-electron chi connectivity index (χ3n) is 4.13. The molecule has 1 saturated heterocycles. The first kappa shape index (κ1) is 25.5. The van der Waals surface area contributed by atoms with Crippen molar-refractivity contribution in [1.82, 2.24) is 29.5 Å². The minimum absolute atomic E-state index is 0.109. The van der Waals surface area contributed by atoms with Gasteiger partial charge < -0.3 is 29.7 Å². The highest BCUT2D eigenvalue weighted by molar-refractivity contribution is 5.92. The van der Waals surface area contributed by atoms with Crippen LogP contribution < -0.4 is 5.56 Å². The van der Waals surface area contributed by atoms with E-state index in [0.717, 1.165) is 5.56 Å². The van der Waals surface area contributed by atoms with Gasteiger partial charge in [-0.25, -0.2) is 4.98 Å². The van der Waals surface area contributed by atoms with Crippen LogP contribution in [0.5, 0.6) is 0 Å². The molecule has 2 aromatic heterocycles. The number of carbonyl (C=O) groups is 3. The van der Waals surface area contributed by atoms with Gasteiger partial charge in [-0.2, -0.15) is 5.10 Å². The molecule has 3 rings (SSSR count). The highest BCUT2D eigenvalue weighted by Gasteiger charge is 2.38. The summed E-state index contributed by atoms with van der Waals surface area (Å²) in [7, 11) is 5.73. The molecule has 0 bridgehead atoms. The molecule has 0 aliphatic carbocycles. The molecule has 1 amide bonds. The Morgan fingerprint density at radius 2 is 2.00 bits per heavy atom. The number of likely N-dealkylation sites (N-methyl/N-ethyl adjacent to an activating group) is 1. The van der Waals surface area contributed by atoms with E-state index in [1.54, 1.807) is 15.8 Å². The Morgan fingerprint density at radius 3 is 2.52 bits per heavy atom. The molecule has 13 heteroatoms. The summed E-state index contributed by atoms with van der Waals surface area (Å²) in [6, 6.07) is -0.334. The van der Waals surface area contributed by atoms with E-state index in [2.05, 4.69) is 15.1 Å². The van der Waals surface area contributed by atoms with E-state index >= 15 is 0 Å². The monoisotopic (exact) mass is 438 g/mol. The first-order valence-electron chi connectivity index (χ1n) is 9.05. The lowest BCUT2D eigenvalue weighted by atomic mass is 10.00. The van der Waals surface area contributed by atoms with Crippen molar-refractivity contribution in [2.24, 2.45) is 7.05 Å². The van der Waals surface area contributed by atoms with Gasteiger partial charge in [-0.15, -0.1) is 0 Å². The van der Waals surface area contributed by atoms with E-state index < -0.39 is 11.5 Å². The minimum Gasteiger partial charge on any atom is -0.483 e. The number of hydrogen-bond donors (Lipinski definition) is 3. The molecule has 0 saturated carbocycles. The summed E-state index contributed by atoms with van der Waals surface area (Å²) in [4.78, 5) is 51.8. The van der Waals surface area contributed by atoms with Gasteiger partial charge in [0.2, 0.25) is 0 Å². The van der Waals surface area contributed by atoms with Gasteiger partial charge >= 0.3 is 0 Å². The molecule has 13 nitrogen and oxygen atoms in total. The summed E-state index contributed by atoms with van der Waals surface area (Å²) in [5, 5.41) is 18.0. The Kier molecular flexibility index (Phi) is 10.6. The maximum Gasteiger partial charge on any atom is 0.290 e. The summed E-state index contributed by atoms with van der Waals surface area (Å²) in [6.07, 6.45) is 6.19. The van der Waals surface area contributed by atoms with Crippen molar-refractivity contribution in [1.29, 1.82) is 0 Å². The molecule has 2 aromatic rings. The second kappa shape index (κ2) is 12.9. The predicted molar refractivity (Wildman–Crippen MR) is 108 cm³/mol. The zero-order valence-corrected chi connectivity index (χ0v) is 17.4. The van der Waals surface area contributed by atoms with E-state index in [1.165, 1.54) is 12.4 Å². The second-order valence-corrected chi connectivity index (χ2v) is 6.54. The van der Waals surface area contributed by atoms with E-state index in [1.807, 2.05) is 32.2 Å². The van der Waals surface area contributed by atoms with Crippen molar-refractivity contribution >= 4 is 18.9 Å². The van der Waals surface area contributed by atoms with Crippen LogP contribution in [-0.2, 0) is 21.4 Å². The van der Waals surface area contributed by atoms with Crippen molar-refractivity contribution in [3.63, 3.8) is 0 Å². The number of aromatic nitrogens is 4. The number of ether oxygens (including phenoxy) is 1. The lowest BCUT2D eigenvalue weighted by molar-refractivity contribution is -0.123. The summed E-state index contributed by atoms with van der Waals surface area (Å²) < 4.78 is 7.62. The summed E-state index contributed by atoms with van der Waals surface area (Å²) >= 11 is 0. The average molecular weight is 438 g/mol. The average Bonchev–Trinajstić information content (AvgIpc) is 3.14. The van der Waals surface area contributed by atoms with E-state index in [9.17, 15) is 9.59 Å². The predicted octanol–water partition coefficient (Wildman–Crippen LogP) is -0.951. The van der Waals surface area contributed by atoms with Crippen LogP contribution in [0.2, 0.25) is 0 Å². The topological polar surface area (TPSA) is 171 Å². The van der Waals surface area contributed by atoms with Gasteiger partial charge in [-0.1, -0.05) is 0 Å². The molecule has 0 spiro atoms. The molecule has 1 aliphatic rings. The molecule has 0 unspecified atom stereocenters. The van der Waals surface area contributed by atoms with Gasteiger partial charge in [-0.3, -0.25) is 23.9 Å². The SMILES string of the molecule is CN(C)C[C@@H]1OCCN(C(=O)c2ncc[nH]c2=O)[C@H]1c1cnn(C)c1.O=CO.O=CO. The van der Waals surface area contributed by atoms with Crippen LogP contribution in [0.4, 0.5) is 0 Å². The number of carboxylic acid groups (broad SMARTS) is 2. The zero-order chi connectivity index (χ0) is 23.4. The molecule has 1 fully saturated rings. The highest BCUT2D eigenvalue weighted by atomic mass is 16.5. The van der Waals surface area contributed by atoms with Crippen molar-refractivity contribution in [2.45, 2.75) is 12.1 Å². The smallest absolute Gasteiger partial charge is 0.290 e. The number of rotatable bonds is 4. The van der Waals surface area contributed by atoms with Crippen LogP contribution in [0.1, 0.15) is 22.1 Å². The number of morpholine rings is 1. The lowest BCUT2D eigenvalue weighted by Gasteiger charge is -2.41. The number of amides is 1. The Labute approximate surface area is 177 Å². The molecular weight excluding hydrogens is 412 g/mol. The highest BCUT2D eigenvalue weighted by Crippen LogP contribution is 2.30. The molecule has 1 aliphatic heterocycles. The summed E-state index contributed by atoms with van der Waals surface area (Å²) in [5.74, 6) is -0.400. The Hall–Kier alpha value is -3.58. The van der Waals surface area contributed by atoms with Crippen LogP contribution in [0.3, 0.4) is 0 Å². The molecule has 3 N–H and O–H groups in total. The fourth-order valence-electron chi connectivity index (χ4n) is 3.10. The number of aryl methyl sites for hydroxylation is 1. The Balaban J connectivity index is 0.000000720. The maximum atomic E-state index is 13.0. The number of nitrogens with zero attached hydrogens (tertiary/aromatic N) is 5. The summed E-state index contributed by atoms with van der Waals surface area (Å²) in [5.41, 5.74) is 0.268. The van der Waals surface area contributed by atoms with Crippen LogP contribution in [0.15, 0.2) is 29.6 Å². The van der Waals surface area contributed by atoms with Gasteiger partial charge in [0.25, 0.3) is 24.4 Å². The number of carbonyl (C=O) groups excluding carboxylic acids is 1. The zero-order valence-electron chi connectivity index (χ0n) is 17.4. The molecule has 2 atom stereocenters. The standard InChI is InChI=1S/C16H22N6O3.2CH2O2/c1-20(2)10-12-14(11-8-19-21(3)9-11)22(6-7-25-12)16(24)13-15(23)18-5-4-17-13;2*2-1-3/h4-5,8-9,12,14H,6-7,10H2,1-3H3,(H,18,23);2*1H,(H,2,3)/t12-,14-;;/m0../s1. The van der Waals surface area contributed by atoms with Gasteiger partial charge in [0.1, 0.15) is 0 Å². The van der Waals surface area contributed by atoms with Crippen LogP contribution in [0.25, 0.3) is 0 Å². The van der Waals surface area contributed by atoms with Crippen LogP contribution in [-0.4, -0.2) is 98.5 Å². The van der Waals surface area contributed by atoms with Crippen LogP contribution >= 0.6 is 0 Å². The summed E-state index contributed by atoms with van der Waals surface area (Å²) in [6.45, 7) is 0.937. The maximum absolute atomic E-state index is 13.0. The number of hydrogen-bond acceptors (Lipinski definition) is 8.